The second-order valence-corrected chi connectivity index (χ2v) is 5.50. The fourth-order valence-corrected chi connectivity index (χ4v) is 2.80. The Morgan fingerprint density at radius 1 is 1.12 bits per heavy atom. The van der Waals surface area contributed by atoms with Crippen molar-refractivity contribution in [2.24, 2.45) is 5.41 Å². The van der Waals surface area contributed by atoms with Crippen LogP contribution in [0, 0.1) is 5.41 Å². The highest BCUT2D eigenvalue weighted by Gasteiger charge is 2.30. The van der Waals surface area contributed by atoms with Gasteiger partial charge in [0, 0.05) is 6.42 Å². The first-order valence-corrected chi connectivity index (χ1v) is 6.78. The van der Waals surface area contributed by atoms with Crippen molar-refractivity contribution in [3.8, 4) is 0 Å². The Hall–Kier alpha value is -0.590. The number of rotatable bonds is 4. The van der Waals surface area contributed by atoms with Crippen LogP contribution in [-0.4, -0.2) is 5.78 Å². The van der Waals surface area contributed by atoms with Crippen molar-refractivity contribution in [2.75, 3.05) is 0 Å². The van der Waals surface area contributed by atoms with E-state index in [4.69, 9.17) is 0 Å². The van der Waals surface area contributed by atoms with Gasteiger partial charge in [-0.3, -0.25) is 4.79 Å². The quantitative estimate of drug-likeness (QED) is 0.632. The van der Waals surface area contributed by atoms with Gasteiger partial charge in [-0.05, 0) is 30.8 Å². The number of carbonyl (C=O) groups is 1. The molecule has 1 saturated carbocycles. The average Bonchev–Trinajstić information content (AvgIpc) is 2.22. The SMILES string of the molecule is C=C(C)C(=O)CC1(CC)CCCCCCC1. The molecule has 0 bridgehead atoms. The molecule has 0 aromatic carbocycles. The molecular weight excluding hydrogens is 196 g/mol. The lowest BCUT2D eigenvalue weighted by molar-refractivity contribution is -0.118. The molecule has 0 spiro atoms. The molecule has 0 atom stereocenters. The van der Waals surface area contributed by atoms with Gasteiger partial charge in [-0.2, -0.15) is 0 Å². The molecule has 0 saturated heterocycles. The van der Waals surface area contributed by atoms with Crippen molar-refractivity contribution in [2.45, 2.75) is 71.6 Å². The molecule has 0 amide bonds. The molecule has 1 aliphatic carbocycles. The lowest BCUT2D eigenvalue weighted by Gasteiger charge is -2.34. The molecule has 0 aromatic rings. The molecule has 1 nitrogen and oxygen atoms in total. The van der Waals surface area contributed by atoms with Gasteiger partial charge in [-0.1, -0.05) is 52.0 Å². The maximum Gasteiger partial charge on any atom is 0.158 e. The van der Waals surface area contributed by atoms with E-state index in [1.807, 2.05) is 6.92 Å². The lowest BCUT2D eigenvalue weighted by Crippen LogP contribution is -2.25. The maximum atomic E-state index is 11.9. The van der Waals surface area contributed by atoms with Gasteiger partial charge in [-0.25, -0.2) is 0 Å². The van der Waals surface area contributed by atoms with Crippen LogP contribution in [0.25, 0.3) is 0 Å². The number of hydrogen-bond acceptors (Lipinski definition) is 1. The van der Waals surface area contributed by atoms with E-state index in [0.717, 1.165) is 18.4 Å². The number of allylic oxidation sites excluding steroid dienone is 1. The topological polar surface area (TPSA) is 17.1 Å². The highest BCUT2D eigenvalue weighted by Crippen LogP contribution is 2.40. The van der Waals surface area contributed by atoms with Crippen LogP contribution in [0.15, 0.2) is 12.2 Å². The molecule has 0 unspecified atom stereocenters. The maximum absolute atomic E-state index is 11.9. The summed E-state index contributed by atoms with van der Waals surface area (Å²) in [5, 5.41) is 0. The molecule has 0 heterocycles. The summed E-state index contributed by atoms with van der Waals surface area (Å²) in [5.41, 5.74) is 1.02. The molecule has 1 rings (SSSR count). The summed E-state index contributed by atoms with van der Waals surface area (Å²) >= 11 is 0. The predicted octanol–water partition coefficient (Wildman–Crippen LogP) is 4.66. The van der Waals surface area contributed by atoms with Gasteiger partial charge in [0.25, 0.3) is 0 Å². The van der Waals surface area contributed by atoms with Crippen molar-refractivity contribution >= 4 is 5.78 Å². The highest BCUT2D eigenvalue weighted by molar-refractivity contribution is 5.94. The highest BCUT2D eigenvalue weighted by atomic mass is 16.1. The first kappa shape index (κ1) is 13.5. The summed E-state index contributed by atoms with van der Waals surface area (Å²) in [4.78, 5) is 11.9. The predicted molar refractivity (Wildman–Crippen MR) is 69.5 cm³/mol. The Bertz CT molecular complexity index is 244. The van der Waals surface area contributed by atoms with E-state index in [1.54, 1.807) is 0 Å². The summed E-state index contributed by atoms with van der Waals surface area (Å²) < 4.78 is 0. The first-order chi connectivity index (χ1) is 7.59. The zero-order chi connectivity index (χ0) is 12.0. The summed E-state index contributed by atoms with van der Waals surface area (Å²) in [5.74, 6) is 0.280. The normalized spacial score (nSPS) is 20.9. The number of hydrogen-bond donors (Lipinski definition) is 0. The molecule has 16 heavy (non-hydrogen) atoms. The third kappa shape index (κ3) is 3.77. The van der Waals surface area contributed by atoms with E-state index < -0.39 is 0 Å². The minimum absolute atomic E-state index is 0.280. The Labute approximate surface area is 100 Å². The van der Waals surface area contributed by atoms with Gasteiger partial charge < -0.3 is 0 Å². The van der Waals surface area contributed by atoms with Crippen LogP contribution in [0.4, 0.5) is 0 Å². The Kier molecular flexibility index (Phi) is 5.24. The van der Waals surface area contributed by atoms with Gasteiger partial charge in [0.05, 0.1) is 0 Å². The van der Waals surface area contributed by atoms with E-state index in [9.17, 15) is 4.79 Å². The van der Waals surface area contributed by atoms with Gasteiger partial charge in [0.1, 0.15) is 0 Å². The minimum atomic E-state index is 0.280. The van der Waals surface area contributed by atoms with Crippen molar-refractivity contribution in [3.63, 3.8) is 0 Å². The standard InChI is InChI=1S/C15H26O/c1-4-15(12-14(16)13(2)3)10-8-6-5-7-9-11-15/h2,4-12H2,1,3H3. The average molecular weight is 222 g/mol. The van der Waals surface area contributed by atoms with Crippen LogP contribution in [0.5, 0.6) is 0 Å². The van der Waals surface area contributed by atoms with E-state index in [2.05, 4.69) is 13.5 Å². The van der Waals surface area contributed by atoms with E-state index in [0.29, 0.717) is 0 Å². The van der Waals surface area contributed by atoms with Crippen LogP contribution in [0.2, 0.25) is 0 Å². The smallest absolute Gasteiger partial charge is 0.158 e. The molecule has 0 radical (unpaired) electrons. The largest absolute Gasteiger partial charge is 0.295 e. The Morgan fingerprint density at radius 2 is 1.62 bits per heavy atom. The van der Waals surface area contributed by atoms with Crippen molar-refractivity contribution < 1.29 is 4.79 Å². The minimum Gasteiger partial charge on any atom is -0.295 e. The zero-order valence-electron chi connectivity index (χ0n) is 11.0. The number of Topliss-reactive ketones (excluding diaryl/α,β-unsaturated/α-hetero) is 1. The van der Waals surface area contributed by atoms with Gasteiger partial charge >= 0.3 is 0 Å². The van der Waals surface area contributed by atoms with Crippen molar-refractivity contribution in [1.82, 2.24) is 0 Å². The van der Waals surface area contributed by atoms with Gasteiger partial charge in [-0.15, -0.1) is 0 Å². The number of ketones is 1. The Morgan fingerprint density at radius 3 is 2.06 bits per heavy atom. The van der Waals surface area contributed by atoms with E-state index >= 15 is 0 Å². The molecule has 0 N–H and O–H groups in total. The Balaban J connectivity index is 2.65. The summed E-state index contributed by atoms with van der Waals surface area (Å²) in [6.07, 6.45) is 11.0. The molecule has 1 fully saturated rings. The van der Waals surface area contributed by atoms with Gasteiger partial charge in [0.2, 0.25) is 0 Å². The van der Waals surface area contributed by atoms with Crippen LogP contribution in [-0.2, 0) is 4.79 Å². The summed E-state index contributed by atoms with van der Waals surface area (Å²) in [6.45, 7) is 7.86. The van der Waals surface area contributed by atoms with Crippen LogP contribution in [0.3, 0.4) is 0 Å². The second-order valence-electron chi connectivity index (χ2n) is 5.50. The fourth-order valence-electron chi connectivity index (χ4n) is 2.80. The summed E-state index contributed by atoms with van der Waals surface area (Å²) in [6, 6.07) is 0. The summed E-state index contributed by atoms with van der Waals surface area (Å²) in [7, 11) is 0. The second kappa shape index (κ2) is 6.22. The molecule has 1 aliphatic rings. The van der Waals surface area contributed by atoms with Crippen LogP contribution in [0.1, 0.15) is 71.6 Å². The molecule has 92 valence electrons. The van der Waals surface area contributed by atoms with Crippen LogP contribution >= 0.6 is 0 Å². The lowest BCUT2D eigenvalue weighted by atomic mass is 9.70. The molecule has 0 aromatic heterocycles. The monoisotopic (exact) mass is 222 g/mol. The van der Waals surface area contributed by atoms with Gasteiger partial charge in [0.15, 0.2) is 5.78 Å². The molecular formula is C15H26O. The fraction of sp³-hybridized carbons (Fsp3) is 0.800. The van der Waals surface area contributed by atoms with E-state index in [1.165, 1.54) is 44.9 Å². The van der Waals surface area contributed by atoms with Crippen molar-refractivity contribution in [1.29, 1.82) is 0 Å². The van der Waals surface area contributed by atoms with Crippen molar-refractivity contribution in [3.05, 3.63) is 12.2 Å². The first-order valence-electron chi connectivity index (χ1n) is 6.78. The zero-order valence-corrected chi connectivity index (χ0v) is 11.0. The third-order valence-electron chi connectivity index (χ3n) is 4.18. The molecule has 0 aliphatic heterocycles. The molecule has 1 heteroatoms. The van der Waals surface area contributed by atoms with E-state index in [-0.39, 0.29) is 11.2 Å². The van der Waals surface area contributed by atoms with Crippen LogP contribution < -0.4 is 0 Å². The number of carbonyl (C=O) groups excluding carboxylic acids is 1. The third-order valence-corrected chi connectivity index (χ3v) is 4.18.